The molecule has 0 radical (unpaired) electrons. The van der Waals surface area contributed by atoms with Crippen molar-refractivity contribution in [2.24, 2.45) is 5.73 Å². The summed E-state index contributed by atoms with van der Waals surface area (Å²) in [4.78, 5) is 0. The molecule has 0 atom stereocenters. The minimum Gasteiger partial charge on any atom is -0.385 e. The van der Waals surface area contributed by atoms with Gasteiger partial charge in [-0.05, 0) is 30.5 Å². The van der Waals surface area contributed by atoms with Crippen LogP contribution in [0.5, 0.6) is 0 Å². The van der Waals surface area contributed by atoms with Gasteiger partial charge in [-0.2, -0.15) is 0 Å². The third-order valence-corrected chi connectivity index (χ3v) is 4.12. The van der Waals surface area contributed by atoms with Crippen molar-refractivity contribution in [3.05, 3.63) is 35.4 Å². The maximum Gasteiger partial charge on any atom is 0.211 e. The van der Waals surface area contributed by atoms with E-state index < -0.39 is 10.0 Å². The molecule has 3 N–H and O–H groups in total. The van der Waals surface area contributed by atoms with Crippen LogP contribution in [0.4, 0.5) is 0 Å². The molecule has 0 aliphatic carbocycles. The zero-order valence-corrected chi connectivity index (χ0v) is 12.1. The van der Waals surface area contributed by atoms with Crippen LogP contribution in [-0.2, 0) is 27.7 Å². The van der Waals surface area contributed by atoms with E-state index in [-0.39, 0.29) is 5.75 Å². The van der Waals surface area contributed by atoms with Crippen LogP contribution in [0.25, 0.3) is 0 Å². The number of rotatable bonds is 9. The molecular weight excluding hydrogens is 264 g/mol. The molecule has 0 aromatic heterocycles. The van der Waals surface area contributed by atoms with Crippen LogP contribution in [0.15, 0.2) is 24.3 Å². The molecule has 19 heavy (non-hydrogen) atoms. The minimum atomic E-state index is -3.22. The van der Waals surface area contributed by atoms with Gasteiger partial charge in [-0.3, -0.25) is 0 Å². The SMILES string of the molecule is COCCCS(=O)(=O)NCc1ccc(CCN)cc1. The highest BCUT2D eigenvalue weighted by Gasteiger charge is 2.09. The second kappa shape index (κ2) is 8.27. The number of nitrogens with one attached hydrogen (secondary N) is 1. The highest BCUT2D eigenvalue weighted by Crippen LogP contribution is 2.05. The maximum absolute atomic E-state index is 11.7. The molecule has 0 spiro atoms. The average molecular weight is 286 g/mol. The third-order valence-electron chi connectivity index (χ3n) is 2.71. The first kappa shape index (κ1) is 16.1. The Hall–Kier alpha value is -0.950. The van der Waals surface area contributed by atoms with Crippen LogP contribution in [0.2, 0.25) is 0 Å². The first-order chi connectivity index (χ1) is 9.07. The topological polar surface area (TPSA) is 81.4 Å². The van der Waals surface area contributed by atoms with Crippen molar-refractivity contribution in [1.29, 1.82) is 0 Å². The highest BCUT2D eigenvalue weighted by atomic mass is 32.2. The van der Waals surface area contributed by atoms with Gasteiger partial charge in [0, 0.05) is 20.3 Å². The summed E-state index contributed by atoms with van der Waals surface area (Å²) >= 11 is 0. The normalized spacial score (nSPS) is 11.7. The Labute approximate surface area is 115 Å². The Balaban J connectivity index is 2.42. The van der Waals surface area contributed by atoms with Gasteiger partial charge in [0.05, 0.1) is 5.75 Å². The first-order valence-electron chi connectivity index (χ1n) is 6.31. The zero-order valence-electron chi connectivity index (χ0n) is 11.3. The fourth-order valence-corrected chi connectivity index (χ4v) is 2.68. The van der Waals surface area contributed by atoms with Crippen LogP contribution in [0, 0.1) is 0 Å². The fourth-order valence-electron chi connectivity index (χ4n) is 1.65. The molecule has 0 amide bonds. The van der Waals surface area contributed by atoms with Crippen LogP contribution >= 0.6 is 0 Å². The summed E-state index contributed by atoms with van der Waals surface area (Å²) in [5.74, 6) is 0.0894. The number of hydrogen-bond donors (Lipinski definition) is 2. The predicted molar refractivity (Wildman–Crippen MR) is 76.3 cm³/mol. The predicted octanol–water partition coefficient (Wildman–Crippen LogP) is 0.644. The molecule has 0 aliphatic rings. The summed E-state index contributed by atoms with van der Waals surface area (Å²) in [6.07, 6.45) is 1.34. The summed E-state index contributed by atoms with van der Waals surface area (Å²) in [5, 5.41) is 0. The number of sulfonamides is 1. The van der Waals surface area contributed by atoms with E-state index in [1.807, 2.05) is 24.3 Å². The zero-order chi connectivity index (χ0) is 14.1. The summed E-state index contributed by atoms with van der Waals surface area (Å²) in [6.45, 7) is 1.39. The number of methoxy groups -OCH3 is 1. The Bertz CT molecular complexity index is 457. The van der Waals surface area contributed by atoms with E-state index in [1.165, 1.54) is 0 Å². The van der Waals surface area contributed by atoms with Crippen molar-refractivity contribution in [2.75, 3.05) is 26.0 Å². The monoisotopic (exact) mass is 286 g/mol. The molecule has 0 bridgehead atoms. The highest BCUT2D eigenvalue weighted by molar-refractivity contribution is 7.89. The number of ether oxygens (including phenoxy) is 1. The Morgan fingerprint density at radius 1 is 1.21 bits per heavy atom. The standard InChI is InChI=1S/C13H22N2O3S/c1-18-9-2-10-19(16,17)15-11-13-5-3-12(4-6-13)7-8-14/h3-6,15H,2,7-11,14H2,1H3. The molecule has 0 fully saturated rings. The molecule has 0 saturated heterocycles. The van der Waals surface area contributed by atoms with Crippen molar-refractivity contribution in [3.63, 3.8) is 0 Å². The molecule has 0 unspecified atom stereocenters. The third kappa shape index (κ3) is 6.68. The number of hydrogen-bond acceptors (Lipinski definition) is 4. The van der Waals surface area contributed by atoms with Gasteiger partial charge in [-0.15, -0.1) is 0 Å². The van der Waals surface area contributed by atoms with Crippen LogP contribution in [0.1, 0.15) is 17.5 Å². The molecule has 0 heterocycles. The van der Waals surface area contributed by atoms with Crippen LogP contribution in [0.3, 0.4) is 0 Å². The minimum absolute atomic E-state index is 0.0894. The Morgan fingerprint density at radius 2 is 1.84 bits per heavy atom. The van der Waals surface area contributed by atoms with E-state index in [9.17, 15) is 8.42 Å². The van der Waals surface area contributed by atoms with E-state index in [4.69, 9.17) is 10.5 Å². The smallest absolute Gasteiger partial charge is 0.211 e. The Morgan fingerprint density at radius 3 is 2.42 bits per heavy atom. The molecule has 5 nitrogen and oxygen atoms in total. The van der Waals surface area contributed by atoms with Gasteiger partial charge in [0.2, 0.25) is 10.0 Å². The molecule has 6 heteroatoms. The second-order valence-corrected chi connectivity index (χ2v) is 6.27. The first-order valence-corrected chi connectivity index (χ1v) is 7.97. The van der Waals surface area contributed by atoms with Gasteiger partial charge in [0.25, 0.3) is 0 Å². The van der Waals surface area contributed by atoms with Gasteiger partial charge < -0.3 is 10.5 Å². The van der Waals surface area contributed by atoms with Gasteiger partial charge in [0.15, 0.2) is 0 Å². The van der Waals surface area contributed by atoms with Crippen LogP contribution in [-0.4, -0.2) is 34.4 Å². The number of nitrogens with two attached hydrogens (primary N) is 1. The quantitative estimate of drug-likeness (QED) is 0.653. The van der Waals surface area contributed by atoms with Gasteiger partial charge in [-0.25, -0.2) is 13.1 Å². The van der Waals surface area contributed by atoms with Crippen molar-refractivity contribution in [1.82, 2.24) is 4.72 Å². The van der Waals surface area contributed by atoms with E-state index in [2.05, 4.69) is 4.72 Å². The largest absolute Gasteiger partial charge is 0.385 e. The molecule has 0 saturated carbocycles. The molecule has 0 aliphatic heterocycles. The maximum atomic E-state index is 11.7. The van der Waals surface area contributed by atoms with Crippen molar-refractivity contribution in [3.8, 4) is 0 Å². The summed E-state index contributed by atoms with van der Waals surface area (Å²) in [6, 6.07) is 7.79. The van der Waals surface area contributed by atoms with E-state index >= 15 is 0 Å². The van der Waals surface area contributed by atoms with E-state index in [1.54, 1.807) is 7.11 Å². The van der Waals surface area contributed by atoms with Gasteiger partial charge >= 0.3 is 0 Å². The summed E-state index contributed by atoms with van der Waals surface area (Å²) in [5.41, 5.74) is 7.57. The van der Waals surface area contributed by atoms with Crippen LogP contribution < -0.4 is 10.5 Å². The molecular formula is C13H22N2O3S. The van der Waals surface area contributed by atoms with Crippen molar-refractivity contribution < 1.29 is 13.2 Å². The molecule has 1 rings (SSSR count). The molecule has 1 aromatic carbocycles. The van der Waals surface area contributed by atoms with Crippen molar-refractivity contribution >= 4 is 10.0 Å². The van der Waals surface area contributed by atoms with Gasteiger partial charge in [0.1, 0.15) is 0 Å². The van der Waals surface area contributed by atoms with E-state index in [0.717, 1.165) is 17.5 Å². The van der Waals surface area contributed by atoms with E-state index in [0.29, 0.717) is 26.1 Å². The van der Waals surface area contributed by atoms with Gasteiger partial charge in [-0.1, -0.05) is 24.3 Å². The molecule has 108 valence electrons. The number of benzene rings is 1. The molecule has 1 aromatic rings. The second-order valence-electron chi connectivity index (χ2n) is 4.34. The lowest BCUT2D eigenvalue weighted by Gasteiger charge is -2.07. The summed E-state index contributed by atoms with van der Waals surface area (Å²) in [7, 11) is -1.66. The lowest BCUT2D eigenvalue weighted by molar-refractivity contribution is 0.199. The fraction of sp³-hybridized carbons (Fsp3) is 0.538. The summed E-state index contributed by atoms with van der Waals surface area (Å²) < 4.78 is 30.7. The average Bonchev–Trinajstić information content (AvgIpc) is 2.39. The lowest BCUT2D eigenvalue weighted by Crippen LogP contribution is -2.26. The lowest BCUT2D eigenvalue weighted by atomic mass is 10.1. The Kier molecular flexibility index (Phi) is 7.01. The van der Waals surface area contributed by atoms with Crippen molar-refractivity contribution in [2.45, 2.75) is 19.4 Å².